The van der Waals surface area contributed by atoms with Crippen molar-refractivity contribution in [3.63, 3.8) is 0 Å². The third kappa shape index (κ3) is 1.66. The molecular weight excluding hydrogens is 272 g/mol. The second-order valence-corrected chi connectivity index (χ2v) is 4.76. The quantitative estimate of drug-likeness (QED) is 0.535. The molecule has 0 N–H and O–H groups in total. The van der Waals surface area contributed by atoms with Crippen LogP contribution >= 0.6 is 11.6 Å². The molecule has 20 heavy (non-hydrogen) atoms. The molecule has 2 aromatic carbocycles. The Hall–Kier alpha value is -2.46. The topological polar surface area (TPSA) is 43.1 Å². The van der Waals surface area contributed by atoms with E-state index in [0.29, 0.717) is 5.78 Å². The molecule has 0 spiro atoms. The Morgan fingerprint density at radius 3 is 2.40 bits per heavy atom. The lowest BCUT2D eigenvalue weighted by atomic mass is 10.2. The summed E-state index contributed by atoms with van der Waals surface area (Å²) in [4.78, 5) is 13.1. The standard InChI is InChI=1S/C15H9ClN4/c16-14-18-13(10-6-2-1-3-7-10)20-12-9-5-4-8-11(12)17-15(20)19-14/h1-9H. The van der Waals surface area contributed by atoms with E-state index in [9.17, 15) is 0 Å². The van der Waals surface area contributed by atoms with Crippen molar-refractivity contribution in [3.8, 4) is 11.4 Å². The van der Waals surface area contributed by atoms with Gasteiger partial charge in [-0.1, -0.05) is 42.5 Å². The number of imidazole rings is 1. The summed E-state index contributed by atoms with van der Waals surface area (Å²) in [6.45, 7) is 0. The van der Waals surface area contributed by atoms with E-state index in [1.165, 1.54) is 0 Å². The number of fused-ring (bicyclic) bond motifs is 3. The average Bonchev–Trinajstić information content (AvgIpc) is 2.85. The number of para-hydroxylation sites is 2. The first kappa shape index (κ1) is 11.4. The number of hydrogen-bond acceptors (Lipinski definition) is 3. The lowest BCUT2D eigenvalue weighted by molar-refractivity contribution is 1.04. The summed E-state index contributed by atoms with van der Waals surface area (Å²) in [6.07, 6.45) is 0. The van der Waals surface area contributed by atoms with Crippen LogP contribution in [0, 0.1) is 0 Å². The predicted octanol–water partition coefficient (Wildman–Crippen LogP) is 3.60. The summed E-state index contributed by atoms with van der Waals surface area (Å²) in [5.41, 5.74) is 2.82. The van der Waals surface area contributed by atoms with Gasteiger partial charge in [-0.2, -0.15) is 9.97 Å². The van der Waals surface area contributed by atoms with Gasteiger partial charge in [-0.25, -0.2) is 4.98 Å². The maximum Gasteiger partial charge on any atom is 0.239 e. The van der Waals surface area contributed by atoms with E-state index in [1.807, 2.05) is 59.0 Å². The van der Waals surface area contributed by atoms with Crippen molar-refractivity contribution in [2.75, 3.05) is 0 Å². The zero-order chi connectivity index (χ0) is 13.5. The fraction of sp³-hybridized carbons (Fsp3) is 0. The first-order valence-corrected chi connectivity index (χ1v) is 6.57. The van der Waals surface area contributed by atoms with Crippen LogP contribution in [0.15, 0.2) is 54.6 Å². The third-order valence-electron chi connectivity index (χ3n) is 3.18. The Bertz CT molecular complexity index is 915. The zero-order valence-electron chi connectivity index (χ0n) is 10.4. The molecule has 0 amide bonds. The predicted molar refractivity (Wildman–Crippen MR) is 78.7 cm³/mol. The Kier molecular flexibility index (Phi) is 2.44. The molecule has 4 aromatic rings. The Morgan fingerprint density at radius 1 is 0.800 bits per heavy atom. The molecule has 0 saturated heterocycles. The van der Waals surface area contributed by atoms with E-state index in [2.05, 4.69) is 15.0 Å². The minimum absolute atomic E-state index is 0.201. The summed E-state index contributed by atoms with van der Waals surface area (Å²) in [7, 11) is 0. The fourth-order valence-electron chi connectivity index (χ4n) is 2.32. The van der Waals surface area contributed by atoms with Gasteiger partial charge in [0.15, 0.2) is 5.82 Å². The Balaban J connectivity index is 2.19. The fourth-order valence-corrected chi connectivity index (χ4v) is 2.48. The first-order valence-electron chi connectivity index (χ1n) is 6.19. The highest BCUT2D eigenvalue weighted by Crippen LogP contribution is 2.24. The van der Waals surface area contributed by atoms with Crippen molar-refractivity contribution in [2.24, 2.45) is 0 Å². The maximum atomic E-state index is 6.03. The van der Waals surface area contributed by atoms with Gasteiger partial charge in [-0.15, -0.1) is 0 Å². The van der Waals surface area contributed by atoms with E-state index < -0.39 is 0 Å². The van der Waals surface area contributed by atoms with Gasteiger partial charge >= 0.3 is 0 Å². The van der Waals surface area contributed by atoms with Crippen LogP contribution in [0.4, 0.5) is 0 Å². The lowest BCUT2D eigenvalue weighted by Gasteiger charge is -2.05. The highest BCUT2D eigenvalue weighted by molar-refractivity contribution is 6.28. The van der Waals surface area contributed by atoms with Gasteiger partial charge in [0.05, 0.1) is 11.0 Å². The second-order valence-electron chi connectivity index (χ2n) is 4.42. The summed E-state index contributed by atoms with van der Waals surface area (Å²) < 4.78 is 1.93. The number of halogens is 1. The smallest absolute Gasteiger partial charge is 0.239 e. The first-order chi connectivity index (χ1) is 9.83. The van der Waals surface area contributed by atoms with Crippen LogP contribution in [0.3, 0.4) is 0 Å². The van der Waals surface area contributed by atoms with E-state index in [0.717, 1.165) is 22.4 Å². The molecule has 2 heterocycles. The molecule has 0 radical (unpaired) electrons. The summed E-state index contributed by atoms with van der Waals surface area (Å²) in [5, 5.41) is 0.201. The largest absolute Gasteiger partial charge is 0.260 e. The van der Waals surface area contributed by atoms with Crippen molar-refractivity contribution in [1.29, 1.82) is 0 Å². The number of benzene rings is 2. The van der Waals surface area contributed by atoms with Gasteiger partial charge in [0.1, 0.15) is 0 Å². The van der Waals surface area contributed by atoms with Crippen LogP contribution in [-0.4, -0.2) is 19.4 Å². The van der Waals surface area contributed by atoms with Gasteiger partial charge in [0, 0.05) is 5.56 Å². The number of nitrogens with zero attached hydrogens (tertiary/aromatic N) is 4. The van der Waals surface area contributed by atoms with E-state index in [4.69, 9.17) is 11.6 Å². The van der Waals surface area contributed by atoms with Crippen molar-refractivity contribution < 1.29 is 0 Å². The lowest BCUT2D eigenvalue weighted by Crippen LogP contribution is -1.99. The van der Waals surface area contributed by atoms with Crippen LogP contribution in [0.1, 0.15) is 0 Å². The van der Waals surface area contributed by atoms with E-state index in [1.54, 1.807) is 0 Å². The van der Waals surface area contributed by atoms with Crippen LogP contribution in [0.25, 0.3) is 28.2 Å². The molecule has 0 unspecified atom stereocenters. The van der Waals surface area contributed by atoms with Gasteiger partial charge < -0.3 is 0 Å². The molecule has 5 heteroatoms. The van der Waals surface area contributed by atoms with E-state index >= 15 is 0 Å². The number of aromatic nitrogens is 4. The normalized spacial score (nSPS) is 11.2. The van der Waals surface area contributed by atoms with Crippen LogP contribution in [-0.2, 0) is 0 Å². The summed E-state index contributed by atoms with van der Waals surface area (Å²) >= 11 is 6.03. The zero-order valence-corrected chi connectivity index (χ0v) is 11.1. The highest BCUT2D eigenvalue weighted by atomic mass is 35.5. The van der Waals surface area contributed by atoms with Crippen molar-refractivity contribution in [3.05, 3.63) is 59.9 Å². The summed E-state index contributed by atoms with van der Waals surface area (Å²) in [5.74, 6) is 1.30. The molecule has 0 aliphatic carbocycles. The molecule has 4 rings (SSSR count). The monoisotopic (exact) mass is 280 g/mol. The van der Waals surface area contributed by atoms with Crippen molar-refractivity contribution >= 4 is 28.4 Å². The molecule has 2 aromatic heterocycles. The average molecular weight is 281 g/mol. The molecule has 0 atom stereocenters. The molecule has 4 nitrogen and oxygen atoms in total. The minimum atomic E-state index is 0.201. The Morgan fingerprint density at radius 2 is 1.55 bits per heavy atom. The molecule has 0 saturated carbocycles. The molecule has 0 bridgehead atoms. The summed E-state index contributed by atoms with van der Waals surface area (Å²) in [6, 6.07) is 17.8. The highest BCUT2D eigenvalue weighted by Gasteiger charge is 2.13. The van der Waals surface area contributed by atoms with Crippen molar-refractivity contribution in [2.45, 2.75) is 0 Å². The molecule has 0 fully saturated rings. The van der Waals surface area contributed by atoms with Gasteiger partial charge in [0.25, 0.3) is 0 Å². The van der Waals surface area contributed by atoms with Crippen molar-refractivity contribution in [1.82, 2.24) is 19.4 Å². The maximum absolute atomic E-state index is 6.03. The van der Waals surface area contributed by atoms with Crippen LogP contribution in [0.5, 0.6) is 0 Å². The number of hydrogen-bond donors (Lipinski definition) is 0. The third-order valence-corrected chi connectivity index (χ3v) is 3.35. The van der Waals surface area contributed by atoms with Crippen LogP contribution < -0.4 is 0 Å². The molecule has 0 aliphatic heterocycles. The Labute approximate surface area is 119 Å². The van der Waals surface area contributed by atoms with E-state index in [-0.39, 0.29) is 5.28 Å². The van der Waals surface area contributed by atoms with Gasteiger partial charge in [-0.3, -0.25) is 4.40 Å². The molecule has 96 valence electrons. The molecule has 0 aliphatic rings. The second kappa shape index (κ2) is 4.28. The van der Waals surface area contributed by atoms with Crippen LogP contribution in [0.2, 0.25) is 5.28 Å². The molecular formula is C15H9ClN4. The number of rotatable bonds is 1. The van der Waals surface area contributed by atoms with Gasteiger partial charge in [0.2, 0.25) is 11.1 Å². The van der Waals surface area contributed by atoms with Gasteiger partial charge in [-0.05, 0) is 23.7 Å². The SMILES string of the molecule is Clc1nc(-c2ccccc2)n2c(n1)nc1ccccc12. The minimum Gasteiger partial charge on any atom is -0.260 e.